The molecule has 1 aliphatic carbocycles. The molecule has 2 heterocycles. The summed E-state index contributed by atoms with van der Waals surface area (Å²) >= 11 is 0. The van der Waals surface area contributed by atoms with Crippen LogP contribution in [-0.2, 0) is 0 Å². The molecule has 3 aromatic rings. The second-order valence-corrected chi connectivity index (χ2v) is 5.18. The Hall–Kier alpha value is -2.96. The van der Waals surface area contributed by atoms with E-state index < -0.39 is 0 Å². The number of nitrogens with zero attached hydrogens (tertiary/aromatic N) is 4. The van der Waals surface area contributed by atoms with Crippen LogP contribution in [-0.4, -0.2) is 31.8 Å². The Balaban J connectivity index is 1.55. The molecule has 0 bridgehead atoms. The first kappa shape index (κ1) is 12.8. The van der Waals surface area contributed by atoms with E-state index in [1.807, 2.05) is 0 Å². The molecule has 0 saturated heterocycles. The van der Waals surface area contributed by atoms with Crippen LogP contribution in [0.2, 0.25) is 0 Å². The number of carbonyl (C=O) groups excluding carboxylic acids is 1. The molecule has 0 radical (unpaired) electrons. The zero-order chi connectivity index (χ0) is 14.9. The average molecular weight is 295 g/mol. The first-order valence-corrected chi connectivity index (χ1v) is 7.04. The molecule has 110 valence electrons. The lowest BCUT2D eigenvalue weighted by Gasteiger charge is -2.07. The number of aromatic nitrogens is 4. The van der Waals surface area contributed by atoms with Crippen molar-refractivity contribution in [2.24, 2.45) is 0 Å². The predicted octanol–water partition coefficient (Wildman–Crippen LogP) is 1.81. The molecule has 1 aliphatic rings. The maximum Gasteiger partial charge on any atom is 0.251 e. The number of rotatable bonds is 4. The minimum atomic E-state index is -0.0739. The third-order valence-corrected chi connectivity index (χ3v) is 3.37. The summed E-state index contributed by atoms with van der Waals surface area (Å²) < 4.78 is 7.23. The number of hydrogen-bond acceptors (Lipinski definition) is 5. The number of ether oxygens (including phenoxy) is 1. The van der Waals surface area contributed by atoms with E-state index in [1.165, 1.54) is 10.8 Å². The Morgan fingerprint density at radius 2 is 2.18 bits per heavy atom. The average Bonchev–Trinajstić information content (AvgIpc) is 3.22. The lowest BCUT2D eigenvalue weighted by Crippen LogP contribution is -2.25. The van der Waals surface area contributed by atoms with Crippen molar-refractivity contribution in [1.29, 1.82) is 0 Å². The van der Waals surface area contributed by atoms with Crippen molar-refractivity contribution in [3.05, 3.63) is 48.3 Å². The third-order valence-electron chi connectivity index (χ3n) is 3.37. The van der Waals surface area contributed by atoms with Gasteiger partial charge in [0, 0.05) is 17.7 Å². The van der Waals surface area contributed by atoms with Crippen molar-refractivity contribution < 1.29 is 9.53 Å². The molecule has 0 spiro atoms. The number of nitrogens with one attached hydrogen (secondary N) is 1. The maximum absolute atomic E-state index is 12.0. The molecule has 1 amide bonds. The van der Waals surface area contributed by atoms with E-state index in [1.54, 1.807) is 36.4 Å². The van der Waals surface area contributed by atoms with Gasteiger partial charge in [-0.2, -0.15) is 4.52 Å². The standard InChI is InChI=1S/C15H13N5O2/c21-15(17-11-4-5-11)10-2-1-3-12(8-10)22-14-7-6-13-18-16-9-20(13)19-14/h1-3,6-9,11H,4-5H2,(H,17,21). The van der Waals surface area contributed by atoms with Gasteiger partial charge in [0.25, 0.3) is 5.91 Å². The third kappa shape index (κ3) is 2.60. The van der Waals surface area contributed by atoms with Crippen LogP contribution in [0.25, 0.3) is 5.65 Å². The summed E-state index contributed by atoms with van der Waals surface area (Å²) in [6.07, 6.45) is 3.62. The number of carbonyl (C=O) groups is 1. The van der Waals surface area contributed by atoms with Gasteiger partial charge in [-0.25, -0.2) is 0 Å². The van der Waals surface area contributed by atoms with Gasteiger partial charge in [-0.15, -0.1) is 15.3 Å². The lowest BCUT2D eigenvalue weighted by molar-refractivity contribution is 0.0950. The molecule has 7 nitrogen and oxygen atoms in total. The topological polar surface area (TPSA) is 81.4 Å². The second kappa shape index (κ2) is 5.10. The summed E-state index contributed by atoms with van der Waals surface area (Å²) in [6, 6.07) is 10.8. The molecule has 4 rings (SSSR count). The largest absolute Gasteiger partial charge is 0.438 e. The second-order valence-electron chi connectivity index (χ2n) is 5.18. The van der Waals surface area contributed by atoms with E-state index in [2.05, 4.69) is 20.6 Å². The number of amides is 1. The molecule has 0 aliphatic heterocycles. The van der Waals surface area contributed by atoms with Gasteiger partial charge in [0.1, 0.15) is 12.1 Å². The van der Waals surface area contributed by atoms with Gasteiger partial charge < -0.3 is 10.1 Å². The SMILES string of the molecule is O=C(NC1CC1)c1cccc(Oc2ccc3nncn3n2)c1. The normalized spacial score (nSPS) is 14.0. The monoisotopic (exact) mass is 295 g/mol. The Morgan fingerprint density at radius 1 is 1.27 bits per heavy atom. The van der Waals surface area contributed by atoms with Crippen LogP contribution in [0.15, 0.2) is 42.7 Å². The van der Waals surface area contributed by atoms with Crippen LogP contribution in [0.1, 0.15) is 23.2 Å². The molecule has 1 aromatic carbocycles. The highest BCUT2D eigenvalue weighted by Gasteiger charge is 2.23. The zero-order valence-corrected chi connectivity index (χ0v) is 11.6. The Labute approximate surface area is 125 Å². The van der Waals surface area contributed by atoms with Crippen LogP contribution in [0, 0.1) is 0 Å². The molecular weight excluding hydrogens is 282 g/mol. The quantitative estimate of drug-likeness (QED) is 0.794. The maximum atomic E-state index is 12.0. The Bertz CT molecular complexity index is 841. The summed E-state index contributed by atoms with van der Waals surface area (Å²) in [7, 11) is 0. The van der Waals surface area contributed by atoms with Crippen LogP contribution in [0.4, 0.5) is 0 Å². The van der Waals surface area contributed by atoms with Crippen molar-refractivity contribution in [1.82, 2.24) is 25.1 Å². The molecule has 1 saturated carbocycles. The molecule has 1 fully saturated rings. The first-order valence-electron chi connectivity index (χ1n) is 7.04. The first-order chi connectivity index (χ1) is 10.8. The highest BCUT2D eigenvalue weighted by atomic mass is 16.5. The number of hydrogen-bond donors (Lipinski definition) is 1. The van der Waals surface area contributed by atoms with Crippen molar-refractivity contribution in [3.63, 3.8) is 0 Å². The molecule has 0 unspecified atom stereocenters. The van der Waals surface area contributed by atoms with E-state index in [4.69, 9.17) is 4.74 Å². The molecule has 2 aromatic heterocycles. The predicted molar refractivity (Wildman–Crippen MR) is 77.8 cm³/mol. The summed E-state index contributed by atoms with van der Waals surface area (Å²) in [5.41, 5.74) is 1.22. The van der Waals surface area contributed by atoms with E-state index in [-0.39, 0.29) is 5.91 Å². The van der Waals surface area contributed by atoms with Crippen molar-refractivity contribution in [3.8, 4) is 11.6 Å². The van der Waals surface area contributed by atoms with Crippen LogP contribution < -0.4 is 10.1 Å². The highest BCUT2D eigenvalue weighted by Crippen LogP contribution is 2.22. The van der Waals surface area contributed by atoms with E-state index >= 15 is 0 Å². The summed E-state index contributed by atoms with van der Waals surface area (Å²) in [5, 5.41) is 14.8. The number of benzene rings is 1. The molecule has 7 heteroatoms. The molecular formula is C15H13N5O2. The Kier molecular flexibility index (Phi) is 2.96. The van der Waals surface area contributed by atoms with Crippen molar-refractivity contribution in [2.75, 3.05) is 0 Å². The fraction of sp³-hybridized carbons (Fsp3) is 0.200. The zero-order valence-electron chi connectivity index (χ0n) is 11.6. The fourth-order valence-corrected chi connectivity index (χ4v) is 2.08. The van der Waals surface area contributed by atoms with Gasteiger partial charge in [0.05, 0.1) is 0 Å². The van der Waals surface area contributed by atoms with Gasteiger partial charge in [-0.05, 0) is 37.1 Å². The van der Waals surface area contributed by atoms with Gasteiger partial charge in [-0.3, -0.25) is 4.79 Å². The van der Waals surface area contributed by atoms with Crippen LogP contribution >= 0.6 is 0 Å². The summed E-state index contributed by atoms with van der Waals surface area (Å²) in [4.78, 5) is 12.0. The van der Waals surface area contributed by atoms with Crippen molar-refractivity contribution >= 4 is 11.6 Å². The van der Waals surface area contributed by atoms with E-state index in [9.17, 15) is 4.79 Å². The minimum Gasteiger partial charge on any atom is -0.438 e. The molecule has 1 N–H and O–H groups in total. The van der Waals surface area contributed by atoms with Gasteiger partial charge in [0.15, 0.2) is 5.65 Å². The minimum absolute atomic E-state index is 0.0739. The molecule has 0 atom stereocenters. The van der Waals surface area contributed by atoms with E-state index in [0.29, 0.717) is 28.9 Å². The van der Waals surface area contributed by atoms with Gasteiger partial charge >= 0.3 is 0 Å². The van der Waals surface area contributed by atoms with Gasteiger partial charge in [0.2, 0.25) is 5.88 Å². The molecule has 22 heavy (non-hydrogen) atoms. The highest BCUT2D eigenvalue weighted by molar-refractivity contribution is 5.94. The van der Waals surface area contributed by atoms with Crippen molar-refractivity contribution in [2.45, 2.75) is 18.9 Å². The van der Waals surface area contributed by atoms with Crippen LogP contribution in [0.5, 0.6) is 11.6 Å². The summed E-state index contributed by atoms with van der Waals surface area (Å²) in [5.74, 6) is 0.894. The summed E-state index contributed by atoms with van der Waals surface area (Å²) in [6.45, 7) is 0. The number of fused-ring (bicyclic) bond motifs is 1. The Morgan fingerprint density at radius 3 is 3.05 bits per heavy atom. The van der Waals surface area contributed by atoms with Gasteiger partial charge in [-0.1, -0.05) is 6.07 Å². The van der Waals surface area contributed by atoms with E-state index in [0.717, 1.165) is 12.8 Å². The van der Waals surface area contributed by atoms with Crippen LogP contribution in [0.3, 0.4) is 0 Å². The lowest BCUT2D eigenvalue weighted by atomic mass is 10.2. The smallest absolute Gasteiger partial charge is 0.251 e. The fourth-order valence-electron chi connectivity index (χ4n) is 2.08.